The van der Waals surface area contributed by atoms with Crippen LogP contribution in [0.3, 0.4) is 0 Å². The minimum atomic E-state index is -3.13. The first-order valence-corrected chi connectivity index (χ1v) is 7.91. The Kier molecular flexibility index (Phi) is 4.22. The zero-order valence-electron chi connectivity index (χ0n) is 11.5. The van der Waals surface area contributed by atoms with Crippen molar-refractivity contribution in [1.29, 1.82) is 0 Å². The van der Waals surface area contributed by atoms with Crippen LogP contribution in [0.25, 0.3) is 0 Å². The molecule has 7 nitrogen and oxygen atoms in total. The van der Waals surface area contributed by atoms with E-state index in [1.807, 2.05) is 6.92 Å². The Morgan fingerprint density at radius 2 is 1.84 bits per heavy atom. The van der Waals surface area contributed by atoms with Gasteiger partial charge in [0.2, 0.25) is 10.0 Å². The van der Waals surface area contributed by atoms with E-state index in [0.29, 0.717) is 32.7 Å². The third kappa shape index (κ3) is 3.13. The van der Waals surface area contributed by atoms with Crippen molar-refractivity contribution >= 4 is 10.0 Å². The number of piperazine rings is 1. The molecule has 0 N–H and O–H groups in total. The highest BCUT2D eigenvalue weighted by molar-refractivity contribution is 7.89. The summed E-state index contributed by atoms with van der Waals surface area (Å²) >= 11 is 0. The monoisotopic (exact) mass is 288 g/mol. The minimum absolute atomic E-state index is 0.360. The third-order valence-electron chi connectivity index (χ3n) is 3.41. The summed E-state index contributed by atoms with van der Waals surface area (Å²) in [6.45, 7) is 8.42. The van der Waals surface area contributed by atoms with Crippen molar-refractivity contribution in [2.24, 2.45) is 0 Å². The molecule has 2 heterocycles. The van der Waals surface area contributed by atoms with Gasteiger partial charge in [-0.3, -0.25) is 4.90 Å². The van der Waals surface area contributed by atoms with Gasteiger partial charge in [-0.25, -0.2) is 13.0 Å². The van der Waals surface area contributed by atoms with Crippen molar-refractivity contribution in [3.8, 4) is 0 Å². The van der Waals surface area contributed by atoms with Gasteiger partial charge in [-0.1, -0.05) is 10.3 Å². The Morgan fingerprint density at radius 3 is 2.32 bits per heavy atom. The Balaban J connectivity index is 1.91. The third-order valence-corrected chi connectivity index (χ3v) is 5.68. The molecule has 0 spiro atoms. The van der Waals surface area contributed by atoms with E-state index in [1.165, 1.54) is 0 Å². The summed E-state index contributed by atoms with van der Waals surface area (Å²) in [7, 11) is -3.13. The molecule has 0 radical (unpaired) electrons. The maximum Gasteiger partial charge on any atom is 0.216 e. The lowest BCUT2D eigenvalue weighted by molar-refractivity contribution is 0.176. The average Bonchev–Trinajstić information content (AvgIpc) is 2.75. The molecular formula is C11H20N4O3S. The Morgan fingerprint density at radius 1 is 1.21 bits per heavy atom. The lowest BCUT2D eigenvalue weighted by atomic mass is 10.3. The van der Waals surface area contributed by atoms with E-state index >= 15 is 0 Å². The Labute approximate surface area is 113 Å². The molecule has 1 fully saturated rings. The number of sulfonamides is 1. The van der Waals surface area contributed by atoms with Crippen molar-refractivity contribution in [3.63, 3.8) is 0 Å². The van der Waals surface area contributed by atoms with Gasteiger partial charge in [0.05, 0.1) is 5.25 Å². The van der Waals surface area contributed by atoms with Gasteiger partial charge in [0.25, 0.3) is 0 Å². The second-order valence-electron chi connectivity index (χ2n) is 5.07. The van der Waals surface area contributed by atoms with Crippen molar-refractivity contribution in [3.05, 3.63) is 11.4 Å². The predicted molar refractivity (Wildman–Crippen MR) is 69.9 cm³/mol. The summed E-state index contributed by atoms with van der Waals surface area (Å²) in [6.07, 6.45) is 0. The second-order valence-corrected chi connectivity index (χ2v) is 7.55. The molecule has 19 heavy (non-hydrogen) atoms. The van der Waals surface area contributed by atoms with Crippen LogP contribution in [0.2, 0.25) is 0 Å². The normalized spacial score (nSPS) is 19.2. The summed E-state index contributed by atoms with van der Waals surface area (Å²) in [4.78, 5) is 2.17. The summed E-state index contributed by atoms with van der Waals surface area (Å²) in [6, 6.07) is 0. The van der Waals surface area contributed by atoms with Gasteiger partial charge >= 0.3 is 0 Å². The van der Waals surface area contributed by atoms with E-state index in [0.717, 1.165) is 11.4 Å². The van der Waals surface area contributed by atoms with Gasteiger partial charge in [0.1, 0.15) is 11.4 Å². The SMILES string of the molecule is Cc1nonc1CN1CCN(S(=O)(=O)C(C)C)CC1. The fourth-order valence-corrected chi connectivity index (χ4v) is 3.31. The van der Waals surface area contributed by atoms with Crippen molar-refractivity contribution < 1.29 is 13.0 Å². The number of nitrogens with zero attached hydrogens (tertiary/aromatic N) is 4. The molecule has 2 rings (SSSR count). The summed E-state index contributed by atoms with van der Waals surface area (Å²) in [5.41, 5.74) is 1.61. The van der Waals surface area contributed by atoms with Crippen LogP contribution in [0.4, 0.5) is 0 Å². The van der Waals surface area contributed by atoms with Crippen LogP contribution >= 0.6 is 0 Å². The van der Waals surface area contributed by atoms with Gasteiger partial charge in [-0.2, -0.15) is 4.31 Å². The standard InChI is InChI=1S/C11H20N4O3S/c1-9(2)19(16,17)15-6-4-14(5-7-15)8-11-10(3)12-18-13-11/h9H,4-8H2,1-3H3. The largest absolute Gasteiger partial charge is 0.295 e. The molecule has 0 aromatic carbocycles. The molecule has 8 heteroatoms. The molecule has 108 valence electrons. The molecule has 0 saturated carbocycles. The fourth-order valence-electron chi connectivity index (χ4n) is 2.05. The highest BCUT2D eigenvalue weighted by Crippen LogP contribution is 2.14. The fraction of sp³-hybridized carbons (Fsp3) is 0.818. The van der Waals surface area contributed by atoms with Crippen LogP contribution in [0.5, 0.6) is 0 Å². The van der Waals surface area contributed by atoms with Crippen LogP contribution in [0, 0.1) is 6.92 Å². The van der Waals surface area contributed by atoms with Crippen molar-refractivity contribution in [1.82, 2.24) is 19.5 Å². The van der Waals surface area contributed by atoms with Crippen molar-refractivity contribution in [2.75, 3.05) is 26.2 Å². The molecule has 0 atom stereocenters. The summed E-state index contributed by atoms with van der Waals surface area (Å²) in [5, 5.41) is 7.23. The maximum atomic E-state index is 12.0. The quantitative estimate of drug-likeness (QED) is 0.789. The first-order valence-electron chi connectivity index (χ1n) is 6.40. The van der Waals surface area contributed by atoms with E-state index in [1.54, 1.807) is 18.2 Å². The highest BCUT2D eigenvalue weighted by atomic mass is 32.2. The smallest absolute Gasteiger partial charge is 0.216 e. The number of rotatable bonds is 4. The molecular weight excluding hydrogens is 268 g/mol. The van der Waals surface area contributed by atoms with Gasteiger partial charge in [0.15, 0.2) is 0 Å². The Hall–Kier alpha value is -0.990. The van der Waals surface area contributed by atoms with E-state index < -0.39 is 10.0 Å². The minimum Gasteiger partial charge on any atom is -0.295 e. The molecule has 1 aliphatic heterocycles. The topological polar surface area (TPSA) is 79.5 Å². The first kappa shape index (κ1) is 14.4. The van der Waals surface area contributed by atoms with Crippen LogP contribution in [0.15, 0.2) is 4.63 Å². The number of hydrogen-bond acceptors (Lipinski definition) is 6. The van der Waals surface area contributed by atoms with Crippen LogP contribution in [-0.4, -0.2) is 59.4 Å². The zero-order chi connectivity index (χ0) is 14.0. The van der Waals surface area contributed by atoms with E-state index in [4.69, 9.17) is 0 Å². The maximum absolute atomic E-state index is 12.0. The van der Waals surface area contributed by atoms with Crippen LogP contribution < -0.4 is 0 Å². The summed E-state index contributed by atoms with van der Waals surface area (Å²) in [5.74, 6) is 0. The van der Waals surface area contributed by atoms with Crippen molar-refractivity contribution in [2.45, 2.75) is 32.6 Å². The Bertz CT molecular complexity index is 518. The highest BCUT2D eigenvalue weighted by Gasteiger charge is 2.29. The second kappa shape index (κ2) is 5.56. The lowest BCUT2D eigenvalue weighted by Crippen LogP contribution is -2.50. The van der Waals surface area contributed by atoms with Gasteiger partial charge < -0.3 is 0 Å². The van der Waals surface area contributed by atoms with Crippen LogP contribution in [-0.2, 0) is 16.6 Å². The van der Waals surface area contributed by atoms with E-state index in [9.17, 15) is 8.42 Å². The molecule has 0 bridgehead atoms. The molecule has 0 amide bonds. The van der Waals surface area contributed by atoms with Gasteiger partial charge in [0, 0.05) is 32.7 Å². The zero-order valence-corrected chi connectivity index (χ0v) is 12.4. The number of aryl methyl sites for hydroxylation is 1. The van der Waals surface area contributed by atoms with Gasteiger partial charge in [-0.05, 0) is 20.8 Å². The predicted octanol–water partition coefficient (Wildman–Crippen LogP) is 0.234. The van der Waals surface area contributed by atoms with Gasteiger partial charge in [-0.15, -0.1) is 0 Å². The lowest BCUT2D eigenvalue weighted by Gasteiger charge is -2.34. The number of hydrogen-bond donors (Lipinski definition) is 0. The molecule has 0 unspecified atom stereocenters. The average molecular weight is 288 g/mol. The molecule has 1 saturated heterocycles. The molecule has 1 aromatic heterocycles. The van der Waals surface area contributed by atoms with Crippen LogP contribution in [0.1, 0.15) is 25.2 Å². The van der Waals surface area contributed by atoms with E-state index in [-0.39, 0.29) is 5.25 Å². The number of aromatic nitrogens is 2. The summed E-state index contributed by atoms with van der Waals surface area (Å²) < 4.78 is 30.3. The molecule has 1 aromatic rings. The molecule has 0 aliphatic carbocycles. The van der Waals surface area contributed by atoms with E-state index in [2.05, 4.69) is 19.8 Å². The first-order chi connectivity index (χ1) is 8.91. The molecule has 1 aliphatic rings.